The third kappa shape index (κ3) is 4.26. The van der Waals surface area contributed by atoms with E-state index in [0.717, 1.165) is 8.26 Å². The monoisotopic (exact) mass is 494 g/mol. The normalized spacial score (nSPS) is 11.7. The zero-order valence-electron chi connectivity index (χ0n) is 13.0. The summed E-state index contributed by atoms with van der Waals surface area (Å²) in [6.45, 7) is 4.43. The van der Waals surface area contributed by atoms with E-state index in [2.05, 4.69) is 37.2 Å². The molecule has 0 bridgehead atoms. The molecule has 1 amide bonds. The van der Waals surface area contributed by atoms with Crippen LogP contribution in [0, 0.1) is 0 Å². The molecule has 2 rings (SSSR count). The Balaban J connectivity index is 2.16. The van der Waals surface area contributed by atoms with Crippen molar-refractivity contribution in [3.63, 3.8) is 0 Å². The minimum Gasteiger partial charge on any atom is -0.321 e. The van der Waals surface area contributed by atoms with Gasteiger partial charge in [0, 0.05) is 23.2 Å². The number of thiophene rings is 1. The summed E-state index contributed by atoms with van der Waals surface area (Å²) in [5, 5.41) is 2.76. The molecule has 1 aromatic carbocycles. The van der Waals surface area contributed by atoms with Gasteiger partial charge in [-0.3, -0.25) is 4.79 Å². The van der Waals surface area contributed by atoms with Gasteiger partial charge >= 0.3 is 0 Å². The first-order valence-electron chi connectivity index (χ1n) is 7.16. The average molecular weight is 496 g/mol. The molecule has 0 fully saturated rings. The van der Waals surface area contributed by atoms with Crippen molar-refractivity contribution < 1.29 is 13.2 Å². The third-order valence-electron chi connectivity index (χ3n) is 3.32. The van der Waals surface area contributed by atoms with Gasteiger partial charge in [0.25, 0.3) is 5.91 Å². The number of amides is 1. The summed E-state index contributed by atoms with van der Waals surface area (Å²) >= 11 is 8.00. The summed E-state index contributed by atoms with van der Waals surface area (Å²) in [6.07, 6.45) is 0. The van der Waals surface area contributed by atoms with Crippen molar-refractivity contribution >= 4 is 64.8 Å². The van der Waals surface area contributed by atoms with E-state index >= 15 is 0 Å². The van der Waals surface area contributed by atoms with Crippen molar-refractivity contribution in [2.75, 3.05) is 18.4 Å². The Morgan fingerprint density at radius 2 is 1.75 bits per heavy atom. The Labute approximate surface area is 162 Å². The van der Waals surface area contributed by atoms with Crippen LogP contribution in [-0.2, 0) is 10.0 Å². The van der Waals surface area contributed by atoms with Crippen LogP contribution in [0.4, 0.5) is 5.69 Å². The molecule has 1 N–H and O–H groups in total. The zero-order valence-corrected chi connectivity index (χ0v) is 17.9. The van der Waals surface area contributed by atoms with Crippen molar-refractivity contribution in [1.82, 2.24) is 4.31 Å². The second-order valence-electron chi connectivity index (χ2n) is 4.80. The number of rotatable bonds is 6. The van der Waals surface area contributed by atoms with E-state index in [1.807, 2.05) is 0 Å². The fraction of sp³-hybridized carbons (Fsp3) is 0.267. The van der Waals surface area contributed by atoms with E-state index in [9.17, 15) is 13.2 Å². The lowest BCUT2D eigenvalue weighted by molar-refractivity contribution is 0.103. The molecule has 0 spiro atoms. The van der Waals surface area contributed by atoms with Crippen molar-refractivity contribution in [3.8, 4) is 0 Å². The van der Waals surface area contributed by atoms with Gasteiger partial charge < -0.3 is 5.32 Å². The van der Waals surface area contributed by atoms with Crippen molar-refractivity contribution in [1.29, 1.82) is 0 Å². The molecule has 24 heavy (non-hydrogen) atoms. The second kappa shape index (κ2) is 8.09. The minimum absolute atomic E-state index is 0.214. The number of nitrogens with zero attached hydrogens (tertiary/aromatic N) is 1. The molecule has 0 aliphatic carbocycles. The standard InChI is InChI=1S/C15H16Br2N2O3S2/c1-3-19(4-2)24(21,22)11-7-5-10(6-8-11)18-15(20)13-9-12(16)14(17)23-13/h5-9H,3-4H2,1-2H3,(H,18,20). The van der Waals surface area contributed by atoms with Gasteiger partial charge in [0.15, 0.2) is 0 Å². The minimum atomic E-state index is -3.49. The average Bonchev–Trinajstić information content (AvgIpc) is 2.88. The van der Waals surface area contributed by atoms with Crippen LogP contribution < -0.4 is 5.32 Å². The van der Waals surface area contributed by atoms with Gasteiger partial charge in [-0.05, 0) is 62.2 Å². The number of hydrogen-bond donors (Lipinski definition) is 1. The Morgan fingerprint density at radius 1 is 1.17 bits per heavy atom. The molecule has 130 valence electrons. The summed E-state index contributed by atoms with van der Waals surface area (Å²) in [5.74, 6) is -0.245. The van der Waals surface area contributed by atoms with Gasteiger partial charge in [-0.15, -0.1) is 11.3 Å². The lowest BCUT2D eigenvalue weighted by Gasteiger charge is -2.18. The SMILES string of the molecule is CCN(CC)S(=O)(=O)c1ccc(NC(=O)c2cc(Br)c(Br)s2)cc1. The number of anilines is 1. The molecule has 0 unspecified atom stereocenters. The number of sulfonamides is 1. The van der Waals surface area contributed by atoms with Crippen LogP contribution >= 0.6 is 43.2 Å². The number of carbonyl (C=O) groups excluding carboxylic acids is 1. The van der Waals surface area contributed by atoms with Gasteiger partial charge in [-0.2, -0.15) is 4.31 Å². The molecular formula is C15H16Br2N2O3S2. The van der Waals surface area contributed by atoms with Crippen LogP contribution in [-0.4, -0.2) is 31.7 Å². The number of nitrogens with one attached hydrogen (secondary N) is 1. The maximum Gasteiger partial charge on any atom is 0.265 e. The molecule has 9 heteroatoms. The maximum absolute atomic E-state index is 12.4. The Hall–Kier alpha value is -0.740. The summed E-state index contributed by atoms with van der Waals surface area (Å²) < 4.78 is 27.9. The Kier molecular flexibility index (Phi) is 6.60. The summed E-state index contributed by atoms with van der Waals surface area (Å²) in [7, 11) is -3.49. The maximum atomic E-state index is 12.4. The molecule has 0 atom stereocenters. The highest BCUT2D eigenvalue weighted by molar-refractivity contribution is 9.13. The van der Waals surface area contributed by atoms with Crippen LogP contribution in [0.25, 0.3) is 0 Å². The fourth-order valence-electron chi connectivity index (χ4n) is 2.07. The molecule has 0 radical (unpaired) electrons. The van der Waals surface area contributed by atoms with Crippen molar-refractivity contribution in [3.05, 3.63) is 43.5 Å². The van der Waals surface area contributed by atoms with Gasteiger partial charge in [-0.1, -0.05) is 13.8 Å². The number of benzene rings is 1. The van der Waals surface area contributed by atoms with E-state index in [1.165, 1.54) is 27.8 Å². The van der Waals surface area contributed by atoms with E-state index in [4.69, 9.17) is 0 Å². The summed E-state index contributed by atoms with van der Waals surface area (Å²) in [4.78, 5) is 13.0. The quantitative estimate of drug-likeness (QED) is 0.638. The topological polar surface area (TPSA) is 66.5 Å². The van der Waals surface area contributed by atoms with Crippen LogP contribution in [0.2, 0.25) is 0 Å². The molecule has 0 aliphatic rings. The highest BCUT2D eigenvalue weighted by atomic mass is 79.9. The van der Waals surface area contributed by atoms with Crippen LogP contribution in [0.1, 0.15) is 23.5 Å². The van der Waals surface area contributed by atoms with Gasteiger partial charge in [0.1, 0.15) is 0 Å². The fourth-order valence-corrected chi connectivity index (χ4v) is 5.46. The summed E-state index contributed by atoms with van der Waals surface area (Å²) in [6, 6.07) is 7.91. The first-order chi connectivity index (χ1) is 11.3. The van der Waals surface area contributed by atoms with E-state index in [0.29, 0.717) is 23.7 Å². The lowest BCUT2D eigenvalue weighted by Crippen LogP contribution is -2.30. The molecule has 5 nitrogen and oxygen atoms in total. The van der Waals surface area contributed by atoms with Crippen LogP contribution in [0.5, 0.6) is 0 Å². The highest BCUT2D eigenvalue weighted by Crippen LogP contribution is 2.32. The molecule has 0 aliphatic heterocycles. The largest absolute Gasteiger partial charge is 0.321 e. The van der Waals surface area contributed by atoms with Gasteiger partial charge in [0.2, 0.25) is 10.0 Å². The highest BCUT2D eigenvalue weighted by Gasteiger charge is 2.21. The van der Waals surface area contributed by atoms with E-state index < -0.39 is 10.0 Å². The van der Waals surface area contributed by atoms with Crippen molar-refractivity contribution in [2.24, 2.45) is 0 Å². The third-order valence-corrected chi connectivity index (χ3v) is 8.64. The van der Waals surface area contributed by atoms with E-state index in [1.54, 1.807) is 32.0 Å². The first kappa shape index (κ1) is 19.6. The Morgan fingerprint density at radius 3 is 2.21 bits per heavy atom. The second-order valence-corrected chi connectivity index (χ2v) is 9.96. The zero-order chi connectivity index (χ0) is 17.9. The van der Waals surface area contributed by atoms with Crippen LogP contribution in [0.3, 0.4) is 0 Å². The smallest absolute Gasteiger partial charge is 0.265 e. The number of halogens is 2. The molecule has 0 saturated carbocycles. The summed E-state index contributed by atoms with van der Waals surface area (Å²) in [5.41, 5.74) is 0.541. The predicted octanol–water partition coefficient (Wildman–Crippen LogP) is 4.56. The molecule has 0 saturated heterocycles. The molecular weight excluding hydrogens is 480 g/mol. The van der Waals surface area contributed by atoms with E-state index in [-0.39, 0.29) is 10.8 Å². The molecule has 1 heterocycles. The van der Waals surface area contributed by atoms with Crippen molar-refractivity contribution in [2.45, 2.75) is 18.7 Å². The number of carbonyl (C=O) groups is 1. The van der Waals surface area contributed by atoms with Crippen LogP contribution in [0.15, 0.2) is 43.5 Å². The first-order valence-corrected chi connectivity index (χ1v) is 11.0. The molecule has 1 aromatic heterocycles. The Bertz CT molecular complexity index is 809. The van der Waals surface area contributed by atoms with Gasteiger partial charge in [0.05, 0.1) is 13.6 Å². The predicted molar refractivity (Wildman–Crippen MR) is 104 cm³/mol. The number of hydrogen-bond acceptors (Lipinski definition) is 4. The molecule has 2 aromatic rings. The lowest BCUT2D eigenvalue weighted by atomic mass is 10.3. The van der Waals surface area contributed by atoms with Gasteiger partial charge in [-0.25, -0.2) is 8.42 Å².